The molecule has 0 fully saturated rings. The van der Waals surface area contributed by atoms with Gasteiger partial charge in [-0.3, -0.25) is 0 Å². The number of unbranched alkanes of at least 4 members (excludes halogenated alkanes) is 10. The Kier molecular flexibility index (Phi) is 29.0. The number of halogens is 6. The van der Waals surface area contributed by atoms with E-state index in [1.807, 2.05) is 0 Å². The maximum absolute atomic E-state index is 10.7. The first-order valence-corrected chi connectivity index (χ1v) is 18.2. The van der Waals surface area contributed by atoms with E-state index in [0.29, 0.717) is 0 Å². The van der Waals surface area contributed by atoms with E-state index in [0.717, 1.165) is 0 Å². The van der Waals surface area contributed by atoms with Crippen LogP contribution in [0.2, 0.25) is 0 Å². The molecule has 0 aromatic rings. The normalized spacial score (nSPS) is 12.7. The van der Waals surface area contributed by atoms with Crippen molar-refractivity contribution in [1.29, 1.82) is 0 Å². The maximum atomic E-state index is 10.7. The van der Waals surface area contributed by atoms with E-state index >= 15 is 0 Å². The lowest BCUT2D eigenvalue weighted by atomic mass is 10.2. The molecule has 16 heteroatoms. The lowest BCUT2D eigenvalue weighted by Crippen LogP contribution is -2.41. The summed E-state index contributed by atoms with van der Waals surface area (Å²) in [7, 11) is -2.67. The number of hydrogen-bond donors (Lipinski definition) is 0. The molecule has 0 aromatic carbocycles. The van der Waals surface area contributed by atoms with Crippen LogP contribution in [0, 0.1) is 0 Å². The summed E-state index contributed by atoms with van der Waals surface area (Å²) in [6.45, 7) is 14.6. The Morgan fingerprint density at radius 1 is 0.432 bits per heavy atom. The SMILES string of the molecule is CCCCCC[N+](C)(C)CCCCC.CCCCCC[N+](C)(C)CCCCC.O=S(=O)([O-])C(F)(F)F.O=S(=O)([O-])C(F)(F)F. The summed E-state index contributed by atoms with van der Waals surface area (Å²) in [5.74, 6) is 0. The minimum Gasteiger partial charge on any atom is -0.741 e. The lowest BCUT2D eigenvalue weighted by molar-refractivity contribution is -0.890. The fraction of sp³-hybridized carbons (Fsp3) is 1.00. The van der Waals surface area contributed by atoms with E-state index in [1.165, 1.54) is 125 Å². The maximum Gasteiger partial charge on any atom is 0.485 e. The standard InChI is InChI=1S/2C13H30N.2CHF3O3S/c2*1-5-7-9-11-13-14(3,4)12-10-8-6-2;2*2-1(3,4)8(5,6)7/h2*5-13H2,1-4H3;2*(H,5,6,7)/q2*+1;;/p-2. The molecule has 0 aliphatic heterocycles. The number of quaternary nitrogens is 2. The molecule has 0 spiro atoms. The average Bonchev–Trinajstić information content (AvgIpc) is 2.83. The topological polar surface area (TPSA) is 114 Å². The fourth-order valence-corrected chi connectivity index (χ4v) is 3.74. The quantitative estimate of drug-likeness (QED) is 0.0475. The van der Waals surface area contributed by atoms with Crippen LogP contribution in [-0.2, 0) is 20.2 Å². The summed E-state index contributed by atoms with van der Waals surface area (Å²) in [5, 5.41) is 0. The molecule has 0 saturated carbocycles. The van der Waals surface area contributed by atoms with Crippen molar-refractivity contribution >= 4 is 20.2 Å². The third kappa shape index (κ3) is 35.8. The lowest BCUT2D eigenvalue weighted by Gasteiger charge is -2.29. The minimum atomic E-state index is -6.09. The Hall–Kier alpha value is -0.680. The van der Waals surface area contributed by atoms with Crippen molar-refractivity contribution in [2.75, 3.05) is 54.4 Å². The third-order valence-electron chi connectivity index (χ3n) is 6.53. The molecule has 0 heterocycles. The van der Waals surface area contributed by atoms with Gasteiger partial charge in [0.1, 0.15) is 0 Å². The van der Waals surface area contributed by atoms with Gasteiger partial charge in [0.2, 0.25) is 0 Å². The van der Waals surface area contributed by atoms with Crippen molar-refractivity contribution in [2.24, 2.45) is 0 Å². The molecule has 0 saturated heterocycles. The monoisotopic (exact) mass is 698 g/mol. The van der Waals surface area contributed by atoms with Crippen LogP contribution < -0.4 is 0 Å². The summed E-state index contributed by atoms with van der Waals surface area (Å²) in [6, 6.07) is 0. The van der Waals surface area contributed by atoms with Crippen LogP contribution >= 0.6 is 0 Å². The zero-order valence-electron chi connectivity index (χ0n) is 28.2. The van der Waals surface area contributed by atoms with Gasteiger partial charge in [0.25, 0.3) is 0 Å². The average molecular weight is 699 g/mol. The molecule has 0 unspecified atom stereocenters. The second-order valence-corrected chi connectivity index (χ2v) is 14.8. The van der Waals surface area contributed by atoms with Gasteiger partial charge in [-0.05, 0) is 51.4 Å². The minimum absolute atomic E-state index is 1.23. The van der Waals surface area contributed by atoms with Gasteiger partial charge in [0.05, 0.1) is 54.4 Å². The zero-order chi connectivity index (χ0) is 35.7. The van der Waals surface area contributed by atoms with Gasteiger partial charge in [0.15, 0.2) is 20.2 Å². The number of hydrogen-bond acceptors (Lipinski definition) is 6. The van der Waals surface area contributed by atoms with Gasteiger partial charge in [-0.25, -0.2) is 16.8 Å². The smallest absolute Gasteiger partial charge is 0.485 e. The van der Waals surface area contributed by atoms with Gasteiger partial charge in [-0.1, -0.05) is 66.2 Å². The largest absolute Gasteiger partial charge is 0.741 e. The molecule has 0 radical (unpaired) electrons. The molecule has 0 aliphatic carbocycles. The van der Waals surface area contributed by atoms with E-state index < -0.39 is 31.3 Å². The zero-order valence-corrected chi connectivity index (χ0v) is 29.8. The van der Waals surface area contributed by atoms with E-state index in [4.69, 9.17) is 25.9 Å². The van der Waals surface area contributed by atoms with Crippen molar-refractivity contribution in [2.45, 2.75) is 129 Å². The van der Waals surface area contributed by atoms with E-state index in [9.17, 15) is 26.3 Å². The predicted octanol–water partition coefficient (Wildman–Crippen LogP) is 7.77. The summed E-state index contributed by atoms with van der Waals surface area (Å²) < 4.78 is 120. The molecule has 44 heavy (non-hydrogen) atoms. The van der Waals surface area contributed by atoms with Crippen molar-refractivity contribution in [3.63, 3.8) is 0 Å². The number of nitrogens with zero attached hydrogens (tertiary/aromatic N) is 2. The first kappa shape index (κ1) is 50.2. The molecule has 272 valence electrons. The van der Waals surface area contributed by atoms with Crippen molar-refractivity contribution < 1.29 is 61.2 Å². The first-order valence-electron chi connectivity index (χ1n) is 15.4. The highest BCUT2D eigenvalue weighted by atomic mass is 32.2. The molecule has 0 aromatic heterocycles. The van der Waals surface area contributed by atoms with Crippen LogP contribution in [0.1, 0.15) is 118 Å². The Labute approximate surface area is 264 Å². The van der Waals surface area contributed by atoms with Gasteiger partial charge >= 0.3 is 11.0 Å². The van der Waals surface area contributed by atoms with Crippen LogP contribution in [0.15, 0.2) is 0 Å². The van der Waals surface area contributed by atoms with E-state index in [2.05, 4.69) is 55.9 Å². The van der Waals surface area contributed by atoms with E-state index in [-0.39, 0.29) is 0 Å². The predicted molar refractivity (Wildman–Crippen MR) is 163 cm³/mol. The Morgan fingerprint density at radius 2 is 0.591 bits per heavy atom. The van der Waals surface area contributed by atoms with Crippen LogP contribution in [-0.4, -0.2) is 100 Å². The van der Waals surface area contributed by atoms with Crippen LogP contribution in [0.4, 0.5) is 26.3 Å². The summed E-state index contributed by atoms with van der Waals surface area (Å²) >= 11 is 0. The number of rotatable bonds is 18. The van der Waals surface area contributed by atoms with E-state index in [1.54, 1.807) is 0 Å². The van der Waals surface area contributed by atoms with Gasteiger partial charge in [-0.15, -0.1) is 0 Å². The molecule has 0 aliphatic rings. The fourth-order valence-electron chi connectivity index (χ4n) is 3.74. The molecule has 0 bridgehead atoms. The van der Waals surface area contributed by atoms with Crippen LogP contribution in [0.5, 0.6) is 0 Å². The summed E-state index contributed by atoms with van der Waals surface area (Å²) in [6.07, 6.45) is 19.5. The molecule has 0 atom stereocenters. The molecule has 8 nitrogen and oxygen atoms in total. The van der Waals surface area contributed by atoms with Crippen LogP contribution in [0.25, 0.3) is 0 Å². The molecular weight excluding hydrogens is 638 g/mol. The highest BCUT2D eigenvalue weighted by Crippen LogP contribution is 2.21. The van der Waals surface area contributed by atoms with Crippen LogP contribution in [0.3, 0.4) is 0 Å². The Morgan fingerprint density at radius 3 is 0.750 bits per heavy atom. The molecule has 0 N–H and O–H groups in total. The first-order chi connectivity index (χ1) is 19.7. The summed E-state index contributed by atoms with van der Waals surface area (Å²) in [5.41, 5.74) is -11.3. The molecule has 0 rings (SSSR count). The highest BCUT2D eigenvalue weighted by molar-refractivity contribution is 7.86. The third-order valence-corrected chi connectivity index (χ3v) is 7.67. The Balaban J connectivity index is -0.000000251. The Bertz CT molecular complexity index is 808. The van der Waals surface area contributed by atoms with Gasteiger partial charge < -0.3 is 18.1 Å². The second kappa shape index (κ2) is 25.4. The van der Waals surface area contributed by atoms with Crippen molar-refractivity contribution in [3.8, 4) is 0 Å². The number of alkyl halides is 6. The van der Waals surface area contributed by atoms with Gasteiger partial charge in [-0.2, -0.15) is 26.3 Å². The second-order valence-electron chi connectivity index (χ2n) is 12.1. The molecule has 0 amide bonds. The van der Waals surface area contributed by atoms with Crippen molar-refractivity contribution in [3.05, 3.63) is 0 Å². The molecular formula is C28H60F6N2O6S2. The summed E-state index contributed by atoms with van der Waals surface area (Å²) in [4.78, 5) is 0. The van der Waals surface area contributed by atoms with Crippen molar-refractivity contribution in [1.82, 2.24) is 0 Å². The van der Waals surface area contributed by atoms with Gasteiger partial charge in [0, 0.05) is 0 Å². The highest BCUT2D eigenvalue weighted by Gasteiger charge is 2.37.